The lowest BCUT2D eigenvalue weighted by atomic mass is 10.2. The molecule has 1 aromatic carbocycles. The van der Waals surface area contributed by atoms with Gasteiger partial charge in [0.05, 0.1) is 15.9 Å². The van der Waals surface area contributed by atoms with Crippen LogP contribution >= 0.6 is 0 Å². The fraction of sp³-hybridized carbons (Fsp3) is 0.273. The maximum Gasteiger partial charge on any atom is 0.306 e. The summed E-state index contributed by atoms with van der Waals surface area (Å²) in [5.74, 6) is 1.07. The number of aryl methyl sites for hydroxylation is 1. The van der Waals surface area contributed by atoms with E-state index >= 15 is 0 Å². The Kier molecular flexibility index (Phi) is 4.24. The van der Waals surface area contributed by atoms with Crippen molar-refractivity contribution < 1.29 is 17.7 Å². The minimum Gasteiger partial charge on any atom is -0.258 e. The normalized spacial score (nSPS) is 12.7. The van der Waals surface area contributed by atoms with Crippen LogP contribution in [-0.4, -0.2) is 19.4 Å². The first kappa shape index (κ1) is 15.1. The molecule has 0 radical (unpaired) electrons. The van der Waals surface area contributed by atoms with Crippen molar-refractivity contribution >= 4 is 15.7 Å². The Labute approximate surface area is 109 Å². The molecule has 0 spiro atoms. The van der Waals surface area contributed by atoms with Gasteiger partial charge in [-0.15, -0.1) is 6.42 Å². The minimum absolute atomic E-state index is 0.0554. The van der Waals surface area contributed by atoms with Crippen molar-refractivity contribution in [3.8, 4) is 12.3 Å². The highest BCUT2D eigenvalue weighted by Crippen LogP contribution is 2.25. The van der Waals surface area contributed by atoms with Gasteiger partial charge in [-0.1, -0.05) is 5.92 Å². The van der Waals surface area contributed by atoms with E-state index in [9.17, 15) is 22.9 Å². The molecular weight excluding hydrogens is 275 g/mol. The van der Waals surface area contributed by atoms with Gasteiger partial charge in [0.1, 0.15) is 0 Å². The molecule has 1 N–H and O–H groups in total. The van der Waals surface area contributed by atoms with Crippen LogP contribution in [0, 0.1) is 35.2 Å². The lowest BCUT2D eigenvalue weighted by molar-refractivity contribution is -0.387. The molecule has 0 aliphatic rings. The molecule has 0 saturated heterocycles. The highest BCUT2D eigenvalue weighted by atomic mass is 32.2. The number of nitro groups is 1. The molecule has 102 valence electrons. The molecule has 1 aromatic rings. The second-order valence-electron chi connectivity index (χ2n) is 3.84. The maximum absolute atomic E-state index is 13.3. The number of terminal acetylenes is 1. The number of rotatable bonds is 4. The van der Waals surface area contributed by atoms with Crippen LogP contribution in [0.2, 0.25) is 0 Å². The Morgan fingerprint density at radius 2 is 2.11 bits per heavy atom. The summed E-state index contributed by atoms with van der Waals surface area (Å²) in [5.41, 5.74) is -0.848. The summed E-state index contributed by atoms with van der Waals surface area (Å²) in [4.78, 5) is 9.25. The van der Waals surface area contributed by atoms with Crippen molar-refractivity contribution in [3.63, 3.8) is 0 Å². The number of nitrogens with one attached hydrogen (secondary N) is 1. The van der Waals surface area contributed by atoms with E-state index in [2.05, 4.69) is 10.6 Å². The molecule has 19 heavy (non-hydrogen) atoms. The Hall–Kier alpha value is -1.98. The van der Waals surface area contributed by atoms with Crippen molar-refractivity contribution in [2.45, 2.75) is 24.8 Å². The first-order valence-electron chi connectivity index (χ1n) is 5.12. The summed E-state index contributed by atoms with van der Waals surface area (Å²) >= 11 is 0. The summed E-state index contributed by atoms with van der Waals surface area (Å²) in [6.07, 6.45) is 5.05. The van der Waals surface area contributed by atoms with E-state index in [-0.39, 0.29) is 10.5 Å². The molecule has 0 amide bonds. The topological polar surface area (TPSA) is 89.3 Å². The Balaban J connectivity index is 3.39. The van der Waals surface area contributed by atoms with Crippen molar-refractivity contribution in [3.05, 3.63) is 33.6 Å². The van der Waals surface area contributed by atoms with E-state index < -0.39 is 32.5 Å². The number of benzene rings is 1. The van der Waals surface area contributed by atoms with E-state index in [0.29, 0.717) is 6.07 Å². The predicted molar refractivity (Wildman–Crippen MR) is 66.4 cm³/mol. The average Bonchev–Trinajstić information content (AvgIpc) is 2.27. The SMILES string of the molecule is C#CC(C)NS(=O)(=O)c1cc([N+](=O)[O-])c(F)cc1C. The average molecular weight is 286 g/mol. The first-order valence-corrected chi connectivity index (χ1v) is 6.60. The van der Waals surface area contributed by atoms with Gasteiger partial charge in [0, 0.05) is 6.07 Å². The molecule has 1 unspecified atom stereocenters. The van der Waals surface area contributed by atoms with Crippen molar-refractivity contribution in [2.24, 2.45) is 0 Å². The Morgan fingerprint density at radius 3 is 2.58 bits per heavy atom. The molecule has 0 heterocycles. The van der Waals surface area contributed by atoms with Crippen molar-refractivity contribution in [1.29, 1.82) is 0 Å². The fourth-order valence-corrected chi connectivity index (χ4v) is 2.81. The highest BCUT2D eigenvalue weighted by Gasteiger charge is 2.25. The van der Waals surface area contributed by atoms with Gasteiger partial charge in [-0.05, 0) is 25.5 Å². The molecule has 1 atom stereocenters. The molecule has 0 aliphatic carbocycles. The maximum atomic E-state index is 13.3. The molecular formula is C11H11FN2O4S. The van der Waals surface area contributed by atoms with Gasteiger partial charge in [0.15, 0.2) is 0 Å². The fourth-order valence-electron chi connectivity index (χ4n) is 1.40. The zero-order valence-corrected chi connectivity index (χ0v) is 11.0. The molecule has 0 aromatic heterocycles. The van der Waals surface area contributed by atoms with Gasteiger partial charge >= 0.3 is 5.69 Å². The van der Waals surface area contributed by atoms with Gasteiger partial charge in [-0.2, -0.15) is 9.11 Å². The first-order chi connectivity index (χ1) is 8.69. The Bertz CT molecular complexity index is 664. The number of nitro benzene ring substituents is 1. The van der Waals surface area contributed by atoms with Gasteiger partial charge in [-0.25, -0.2) is 8.42 Å². The predicted octanol–water partition coefficient (Wildman–Crippen LogP) is 1.34. The summed E-state index contributed by atoms with van der Waals surface area (Å²) in [6.45, 7) is 2.77. The van der Waals surface area contributed by atoms with Gasteiger partial charge < -0.3 is 0 Å². The second kappa shape index (κ2) is 5.34. The van der Waals surface area contributed by atoms with Gasteiger partial charge in [0.25, 0.3) is 0 Å². The van der Waals surface area contributed by atoms with Gasteiger partial charge in [0.2, 0.25) is 15.8 Å². The van der Waals surface area contributed by atoms with Crippen LogP contribution in [0.3, 0.4) is 0 Å². The van der Waals surface area contributed by atoms with Gasteiger partial charge in [-0.3, -0.25) is 10.1 Å². The third-order valence-corrected chi connectivity index (χ3v) is 4.00. The molecule has 8 heteroatoms. The smallest absolute Gasteiger partial charge is 0.258 e. The summed E-state index contributed by atoms with van der Waals surface area (Å²) in [7, 11) is -4.04. The zero-order valence-electron chi connectivity index (χ0n) is 10.2. The number of hydrogen-bond donors (Lipinski definition) is 1. The van der Waals surface area contributed by atoms with Crippen LogP contribution in [0.5, 0.6) is 0 Å². The van der Waals surface area contributed by atoms with E-state index in [0.717, 1.165) is 6.07 Å². The van der Waals surface area contributed by atoms with E-state index in [4.69, 9.17) is 6.42 Å². The molecule has 0 aliphatic heterocycles. The third-order valence-electron chi connectivity index (χ3n) is 2.31. The van der Waals surface area contributed by atoms with Crippen LogP contribution in [0.15, 0.2) is 17.0 Å². The third kappa shape index (κ3) is 3.27. The highest BCUT2D eigenvalue weighted by molar-refractivity contribution is 7.89. The lowest BCUT2D eigenvalue weighted by Crippen LogP contribution is -2.32. The number of nitrogens with zero attached hydrogens (tertiary/aromatic N) is 1. The number of halogens is 1. The molecule has 0 saturated carbocycles. The minimum atomic E-state index is -4.04. The van der Waals surface area contributed by atoms with Crippen LogP contribution in [0.1, 0.15) is 12.5 Å². The Morgan fingerprint density at radius 1 is 1.53 bits per heavy atom. The standard InChI is InChI=1S/C11H11FN2O4S/c1-4-8(3)13-19(17,18)11-6-10(14(15)16)9(12)5-7(11)2/h1,5-6,8,13H,2-3H3. The number of hydrogen-bond acceptors (Lipinski definition) is 4. The van der Waals surface area contributed by atoms with Crippen LogP contribution in [-0.2, 0) is 10.0 Å². The van der Waals surface area contributed by atoms with Crippen LogP contribution < -0.4 is 4.72 Å². The summed E-state index contributed by atoms with van der Waals surface area (Å²) < 4.78 is 39.4. The molecule has 0 fully saturated rings. The molecule has 0 bridgehead atoms. The molecule has 6 nitrogen and oxygen atoms in total. The van der Waals surface area contributed by atoms with Crippen molar-refractivity contribution in [1.82, 2.24) is 4.72 Å². The van der Waals surface area contributed by atoms with Crippen LogP contribution in [0.4, 0.5) is 10.1 Å². The quantitative estimate of drug-likeness (QED) is 0.514. The largest absolute Gasteiger partial charge is 0.306 e. The second-order valence-corrected chi connectivity index (χ2v) is 5.52. The monoisotopic (exact) mass is 286 g/mol. The zero-order chi connectivity index (χ0) is 14.8. The lowest BCUT2D eigenvalue weighted by Gasteiger charge is -2.11. The van der Waals surface area contributed by atoms with Crippen molar-refractivity contribution in [2.75, 3.05) is 0 Å². The van der Waals surface area contributed by atoms with E-state index in [1.807, 2.05) is 0 Å². The summed E-state index contributed by atoms with van der Waals surface area (Å²) in [6, 6.07) is 0.692. The van der Waals surface area contributed by atoms with Crippen LogP contribution in [0.25, 0.3) is 0 Å². The van der Waals surface area contributed by atoms with E-state index in [1.165, 1.54) is 13.8 Å². The molecule has 1 rings (SSSR count). The number of sulfonamides is 1. The van der Waals surface area contributed by atoms with E-state index in [1.54, 1.807) is 0 Å². The summed E-state index contributed by atoms with van der Waals surface area (Å²) in [5, 5.41) is 10.6.